The maximum Gasteiger partial charge on any atom is 0.247 e. The number of hydrogen-bond acceptors (Lipinski definition) is 5. The first-order valence-corrected chi connectivity index (χ1v) is 11.7. The van der Waals surface area contributed by atoms with E-state index in [0.717, 1.165) is 17.7 Å². The third-order valence-electron chi connectivity index (χ3n) is 5.85. The molecule has 31 heavy (non-hydrogen) atoms. The number of amides is 2. The summed E-state index contributed by atoms with van der Waals surface area (Å²) in [7, 11) is -3.72. The summed E-state index contributed by atoms with van der Waals surface area (Å²) in [5.41, 5.74) is 1.06. The van der Waals surface area contributed by atoms with Crippen LogP contribution in [0.4, 0.5) is 4.39 Å². The Morgan fingerprint density at radius 2 is 1.55 bits per heavy atom. The van der Waals surface area contributed by atoms with Gasteiger partial charge in [0.25, 0.3) is 0 Å². The monoisotopic (exact) mass is 445 g/mol. The van der Waals surface area contributed by atoms with Crippen LogP contribution in [-0.4, -0.2) is 73.1 Å². The maximum absolute atomic E-state index is 13.1. The number of nitrogens with zero attached hydrogens (tertiary/aromatic N) is 3. The highest BCUT2D eigenvalue weighted by atomic mass is 32.2. The molecule has 1 atom stereocenters. The molecule has 2 aromatic rings. The molecule has 0 aromatic heterocycles. The first kappa shape index (κ1) is 21.6. The molecule has 7 nitrogen and oxygen atoms in total. The predicted octanol–water partition coefficient (Wildman–Crippen LogP) is 1.50. The van der Waals surface area contributed by atoms with E-state index in [4.69, 9.17) is 0 Å². The third kappa shape index (κ3) is 4.53. The van der Waals surface area contributed by atoms with E-state index in [-0.39, 0.29) is 36.2 Å². The predicted molar refractivity (Wildman–Crippen MR) is 112 cm³/mol. The molecule has 0 unspecified atom stereocenters. The van der Waals surface area contributed by atoms with Crippen LogP contribution in [0.25, 0.3) is 0 Å². The Hall–Kier alpha value is -2.62. The van der Waals surface area contributed by atoms with Gasteiger partial charge in [0.15, 0.2) is 0 Å². The van der Waals surface area contributed by atoms with Gasteiger partial charge in [-0.1, -0.05) is 30.3 Å². The fourth-order valence-electron chi connectivity index (χ4n) is 4.08. The number of sulfonamides is 1. The molecule has 2 aliphatic heterocycles. The van der Waals surface area contributed by atoms with Crippen LogP contribution in [0.2, 0.25) is 0 Å². The Bertz CT molecular complexity index is 1050. The highest BCUT2D eigenvalue weighted by Crippen LogP contribution is 2.23. The van der Waals surface area contributed by atoms with Crippen LogP contribution in [0.5, 0.6) is 0 Å². The molecule has 2 aliphatic rings. The Labute approximate surface area is 181 Å². The molecule has 2 saturated heterocycles. The fourth-order valence-corrected chi connectivity index (χ4v) is 5.50. The van der Waals surface area contributed by atoms with Gasteiger partial charge in [0.2, 0.25) is 21.8 Å². The second-order valence-electron chi connectivity index (χ2n) is 7.73. The average Bonchev–Trinajstić information content (AvgIpc) is 3.07. The van der Waals surface area contributed by atoms with Gasteiger partial charge in [0.1, 0.15) is 5.82 Å². The van der Waals surface area contributed by atoms with Crippen LogP contribution >= 0.6 is 0 Å². The Kier molecular flexibility index (Phi) is 6.17. The quantitative estimate of drug-likeness (QED) is 0.630. The first-order chi connectivity index (χ1) is 14.9. The standard InChI is InChI=1S/C22H24FN3O4S/c23-18-6-8-19(9-7-18)31(29,30)25-14-12-24(13-15-25)20-16-21(27)26(22(20)28)11-10-17-4-2-1-3-5-17/h1-9,20H,10-16H2/t20-/m0/s1. The molecule has 0 spiro atoms. The highest BCUT2D eigenvalue weighted by Gasteiger charge is 2.43. The minimum Gasteiger partial charge on any atom is -0.289 e. The van der Waals surface area contributed by atoms with Gasteiger partial charge in [0, 0.05) is 32.7 Å². The topological polar surface area (TPSA) is 78.0 Å². The van der Waals surface area contributed by atoms with Gasteiger partial charge in [-0.15, -0.1) is 0 Å². The van der Waals surface area contributed by atoms with Crippen molar-refractivity contribution < 1.29 is 22.4 Å². The molecule has 2 heterocycles. The average molecular weight is 446 g/mol. The molecule has 0 saturated carbocycles. The fraction of sp³-hybridized carbons (Fsp3) is 0.364. The number of carbonyl (C=O) groups is 2. The van der Waals surface area contributed by atoms with E-state index in [2.05, 4.69) is 0 Å². The van der Waals surface area contributed by atoms with Gasteiger partial charge in [-0.25, -0.2) is 12.8 Å². The largest absolute Gasteiger partial charge is 0.289 e. The molecule has 2 amide bonds. The first-order valence-electron chi connectivity index (χ1n) is 10.2. The number of piperazine rings is 1. The summed E-state index contributed by atoms with van der Waals surface area (Å²) in [6, 6.07) is 13.9. The summed E-state index contributed by atoms with van der Waals surface area (Å²) >= 11 is 0. The second-order valence-corrected chi connectivity index (χ2v) is 9.67. The van der Waals surface area contributed by atoms with E-state index in [1.54, 1.807) is 0 Å². The van der Waals surface area contributed by atoms with Gasteiger partial charge in [0.05, 0.1) is 17.4 Å². The lowest BCUT2D eigenvalue weighted by molar-refractivity contribution is -0.139. The van der Waals surface area contributed by atoms with Crippen molar-refractivity contribution in [3.8, 4) is 0 Å². The van der Waals surface area contributed by atoms with E-state index < -0.39 is 21.9 Å². The summed E-state index contributed by atoms with van der Waals surface area (Å²) < 4.78 is 40.0. The number of halogens is 1. The minimum atomic E-state index is -3.72. The van der Waals surface area contributed by atoms with Crippen molar-refractivity contribution in [2.45, 2.75) is 23.8 Å². The van der Waals surface area contributed by atoms with Gasteiger partial charge < -0.3 is 0 Å². The van der Waals surface area contributed by atoms with Crippen LogP contribution in [0.1, 0.15) is 12.0 Å². The summed E-state index contributed by atoms with van der Waals surface area (Å²) in [6.45, 7) is 1.48. The van der Waals surface area contributed by atoms with E-state index >= 15 is 0 Å². The van der Waals surface area contributed by atoms with Gasteiger partial charge in [-0.3, -0.25) is 19.4 Å². The lowest BCUT2D eigenvalue weighted by atomic mass is 10.1. The van der Waals surface area contributed by atoms with Crippen molar-refractivity contribution in [2.75, 3.05) is 32.7 Å². The summed E-state index contributed by atoms with van der Waals surface area (Å²) in [6.07, 6.45) is 0.729. The molecule has 2 fully saturated rings. The Morgan fingerprint density at radius 1 is 0.903 bits per heavy atom. The zero-order valence-corrected chi connectivity index (χ0v) is 17.8. The lowest BCUT2D eigenvalue weighted by Crippen LogP contribution is -2.53. The van der Waals surface area contributed by atoms with Crippen molar-refractivity contribution in [3.63, 3.8) is 0 Å². The summed E-state index contributed by atoms with van der Waals surface area (Å²) in [5, 5.41) is 0. The van der Waals surface area contributed by atoms with Crippen LogP contribution in [0.3, 0.4) is 0 Å². The van der Waals surface area contributed by atoms with Crippen molar-refractivity contribution in [1.29, 1.82) is 0 Å². The molecule has 0 aliphatic carbocycles. The van der Waals surface area contributed by atoms with Crippen LogP contribution < -0.4 is 0 Å². The number of rotatable bonds is 6. The molecule has 0 bridgehead atoms. The van der Waals surface area contributed by atoms with E-state index in [1.165, 1.54) is 21.3 Å². The highest BCUT2D eigenvalue weighted by molar-refractivity contribution is 7.89. The van der Waals surface area contributed by atoms with Crippen molar-refractivity contribution in [2.24, 2.45) is 0 Å². The minimum absolute atomic E-state index is 0.0431. The maximum atomic E-state index is 13.1. The van der Waals surface area contributed by atoms with Crippen molar-refractivity contribution in [3.05, 3.63) is 66.0 Å². The Balaban J connectivity index is 1.36. The van der Waals surface area contributed by atoms with E-state index in [9.17, 15) is 22.4 Å². The van der Waals surface area contributed by atoms with Crippen LogP contribution in [0, 0.1) is 5.82 Å². The number of likely N-dealkylation sites (tertiary alicyclic amines) is 1. The zero-order chi connectivity index (χ0) is 22.0. The van der Waals surface area contributed by atoms with Gasteiger partial charge >= 0.3 is 0 Å². The van der Waals surface area contributed by atoms with Crippen LogP contribution in [0.15, 0.2) is 59.5 Å². The summed E-state index contributed by atoms with van der Waals surface area (Å²) in [5.74, 6) is -0.895. The zero-order valence-electron chi connectivity index (χ0n) is 17.0. The van der Waals surface area contributed by atoms with Gasteiger partial charge in [-0.2, -0.15) is 4.31 Å². The third-order valence-corrected chi connectivity index (χ3v) is 7.77. The molecular formula is C22H24FN3O4S. The van der Waals surface area contributed by atoms with Crippen molar-refractivity contribution >= 4 is 21.8 Å². The molecular weight excluding hydrogens is 421 g/mol. The summed E-state index contributed by atoms with van der Waals surface area (Å²) in [4.78, 5) is 28.6. The van der Waals surface area contributed by atoms with E-state index in [0.29, 0.717) is 26.1 Å². The number of benzene rings is 2. The molecule has 9 heteroatoms. The SMILES string of the molecule is O=C1C[C@H](N2CCN(S(=O)(=O)c3ccc(F)cc3)CC2)C(=O)N1CCc1ccccc1. The number of imide groups is 1. The molecule has 4 rings (SSSR count). The molecule has 0 radical (unpaired) electrons. The van der Waals surface area contributed by atoms with E-state index in [1.807, 2.05) is 35.2 Å². The Morgan fingerprint density at radius 3 is 2.19 bits per heavy atom. The van der Waals surface area contributed by atoms with Gasteiger partial charge in [-0.05, 0) is 36.2 Å². The van der Waals surface area contributed by atoms with Crippen LogP contribution in [-0.2, 0) is 26.0 Å². The smallest absolute Gasteiger partial charge is 0.247 e. The molecule has 2 aromatic carbocycles. The normalized spacial score (nSPS) is 21.1. The van der Waals surface area contributed by atoms with Crippen molar-refractivity contribution in [1.82, 2.24) is 14.1 Å². The molecule has 0 N–H and O–H groups in total. The lowest BCUT2D eigenvalue weighted by Gasteiger charge is -2.36. The number of hydrogen-bond donors (Lipinski definition) is 0. The number of carbonyl (C=O) groups excluding carboxylic acids is 2. The molecule has 164 valence electrons. The second kappa shape index (κ2) is 8.86.